The van der Waals surface area contributed by atoms with Crippen molar-refractivity contribution in [1.82, 2.24) is 15.1 Å². The van der Waals surface area contributed by atoms with Gasteiger partial charge in [-0.25, -0.2) is 4.39 Å². The molecule has 0 saturated carbocycles. The summed E-state index contributed by atoms with van der Waals surface area (Å²) in [4.78, 5) is 0. The fourth-order valence-corrected chi connectivity index (χ4v) is 2.02. The number of halogens is 2. The van der Waals surface area contributed by atoms with Gasteiger partial charge in [-0.2, -0.15) is 5.10 Å². The van der Waals surface area contributed by atoms with Crippen LogP contribution in [0.1, 0.15) is 11.3 Å². The second kappa shape index (κ2) is 7.38. The molecule has 0 saturated heterocycles. The van der Waals surface area contributed by atoms with E-state index in [1.807, 2.05) is 12.3 Å². The lowest BCUT2D eigenvalue weighted by atomic mass is 10.2. The molecular weight excluding hydrogens is 281 g/mol. The molecule has 0 radical (unpaired) electrons. The van der Waals surface area contributed by atoms with E-state index in [0.717, 1.165) is 12.2 Å². The van der Waals surface area contributed by atoms with Gasteiger partial charge in [-0.3, -0.25) is 4.68 Å². The summed E-state index contributed by atoms with van der Waals surface area (Å²) < 4.78 is 20.4. The van der Waals surface area contributed by atoms with Crippen molar-refractivity contribution in [1.29, 1.82) is 0 Å². The first kappa shape index (κ1) is 15.0. The molecule has 0 atom stereocenters. The van der Waals surface area contributed by atoms with E-state index in [1.54, 1.807) is 23.9 Å². The number of methoxy groups -OCH3 is 1. The largest absolute Gasteiger partial charge is 0.383 e. The second-order valence-corrected chi connectivity index (χ2v) is 4.79. The highest BCUT2D eigenvalue weighted by molar-refractivity contribution is 6.30. The number of rotatable bonds is 7. The third-order valence-electron chi connectivity index (χ3n) is 2.85. The van der Waals surface area contributed by atoms with Crippen LogP contribution in [0.15, 0.2) is 30.5 Å². The van der Waals surface area contributed by atoms with E-state index in [4.69, 9.17) is 16.3 Å². The Morgan fingerprint density at radius 2 is 2.25 bits per heavy atom. The van der Waals surface area contributed by atoms with Crippen LogP contribution in [0.2, 0.25) is 5.02 Å². The zero-order chi connectivity index (χ0) is 14.4. The molecule has 1 heterocycles. The summed E-state index contributed by atoms with van der Waals surface area (Å²) in [6.45, 7) is 2.46. The maximum Gasteiger partial charge on any atom is 0.146 e. The first-order valence-electron chi connectivity index (χ1n) is 6.35. The molecular formula is C14H17ClFN3O. The minimum absolute atomic E-state index is 0.135. The summed E-state index contributed by atoms with van der Waals surface area (Å²) in [5.74, 6) is -0.385. The lowest BCUT2D eigenvalue weighted by molar-refractivity contribution is 0.199. The van der Waals surface area contributed by atoms with Crippen LogP contribution >= 0.6 is 11.6 Å². The van der Waals surface area contributed by atoms with Gasteiger partial charge in [0.15, 0.2) is 0 Å². The van der Waals surface area contributed by atoms with Gasteiger partial charge in [0, 0.05) is 32.0 Å². The molecule has 0 aliphatic heterocycles. The van der Waals surface area contributed by atoms with E-state index in [9.17, 15) is 4.39 Å². The molecule has 1 aromatic carbocycles. The molecule has 6 heteroatoms. The van der Waals surface area contributed by atoms with Crippen molar-refractivity contribution < 1.29 is 9.13 Å². The highest BCUT2D eigenvalue weighted by Gasteiger charge is 2.07. The molecule has 2 aromatic rings. The van der Waals surface area contributed by atoms with Crippen LogP contribution in [0.3, 0.4) is 0 Å². The minimum atomic E-state index is -0.385. The summed E-state index contributed by atoms with van der Waals surface area (Å²) in [6, 6.07) is 6.88. The fraction of sp³-hybridized carbons (Fsp3) is 0.357. The molecule has 0 aliphatic rings. The number of ether oxygens (including phenoxy) is 1. The lowest BCUT2D eigenvalue weighted by Crippen LogP contribution is -2.19. The summed E-state index contributed by atoms with van der Waals surface area (Å²) in [5, 5.41) is 7.72. The Labute approximate surface area is 122 Å². The molecule has 0 unspecified atom stereocenters. The summed E-state index contributed by atoms with van der Waals surface area (Å²) in [7, 11) is 1.66. The van der Waals surface area contributed by atoms with E-state index in [1.165, 1.54) is 6.07 Å². The number of hydrogen-bond donors (Lipinski definition) is 1. The number of hydrogen-bond acceptors (Lipinski definition) is 3. The van der Waals surface area contributed by atoms with E-state index < -0.39 is 0 Å². The first-order valence-corrected chi connectivity index (χ1v) is 6.73. The van der Waals surface area contributed by atoms with Crippen molar-refractivity contribution in [3.63, 3.8) is 0 Å². The molecule has 0 aliphatic carbocycles. The predicted octanol–water partition coefficient (Wildman–Crippen LogP) is 2.46. The van der Waals surface area contributed by atoms with E-state index in [0.29, 0.717) is 25.3 Å². The van der Waals surface area contributed by atoms with Crippen molar-refractivity contribution in [3.05, 3.63) is 52.6 Å². The number of nitrogens with zero attached hydrogens (tertiary/aromatic N) is 2. The van der Waals surface area contributed by atoms with Crippen LogP contribution < -0.4 is 5.32 Å². The fourth-order valence-electron chi connectivity index (χ4n) is 1.82. The van der Waals surface area contributed by atoms with Gasteiger partial charge >= 0.3 is 0 Å². The van der Waals surface area contributed by atoms with Gasteiger partial charge in [0.25, 0.3) is 0 Å². The van der Waals surface area contributed by atoms with E-state index in [-0.39, 0.29) is 10.8 Å². The monoisotopic (exact) mass is 297 g/mol. The molecule has 20 heavy (non-hydrogen) atoms. The zero-order valence-electron chi connectivity index (χ0n) is 11.3. The molecule has 0 fully saturated rings. The molecule has 4 nitrogen and oxygen atoms in total. The number of aromatic nitrogens is 2. The number of benzene rings is 1. The molecule has 1 N–H and O–H groups in total. The maximum atomic E-state index is 13.8. The zero-order valence-corrected chi connectivity index (χ0v) is 12.0. The molecule has 0 bridgehead atoms. The van der Waals surface area contributed by atoms with Crippen molar-refractivity contribution in [2.45, 2.75) is 13.1 Å². The van der Waals surface area contributed by atoms with Gasteiger partial charge in [-0.05, 0) is 12.1 Å². The third kappa shape index (κ3) is 4.03. The van der Waals surface area contributed by atoms with Crippen molar-refractivity contribution >= 4 is 11.6 Å². The normalized spacial score (nSPS) is 10.9. The average molecular weight is 298 g/mol. The molecule has 108 valence electrons. The van der Waals surface area contributed by atoms with Crippen LogP contribution in [-0.2, 0) is 17.8 Å². The van der Waals surface area contributed by atoms with Crippen LogP contribution in [0, 0.1) is 5.82 Å². The SMILES string of the molecule is COCCNCc1ccn(Cc2cccc(Cl)c2F)n1. The Balaban J connectivity index is 1.94. The molecule has 2 rings (SSSR count). The standard InChI is InChI=1S/C14H17ClFN3O/c1-20-8-6-17-9-12-5-7-19(18-12)10-11-3-2-4-13(15)14(11)16/h2-5,7,17H,6,8-10H2,1H3. The van der Waals surface area contributed by atoms with E-state index >= 15 is 0 Å². The van der Waals surface area contributed by atoms with Crippen molar-refractivity contribution in [2.75, 3.05) is 20.3 Å². The number of nitrogens with one attached hydrogen (secondary N) is 1. The van der Waals surface area contributed by atoms with Gasteiger partial charge in [-0.1, -0.05) is 23.7 Å². The highest BCUT2D eigenvalue weighted by Crippen LogP contribution is 2.18. The smallest absolute Gasteiger partial charge is 0.146 e. The summed E-state index contributed by atoms with van der Waals surface area (Å²) >= 11 is 5.76. The highest BCUT2D eigenvalue weighted by atomic mass is 35.5. The van der Waals surface area contributed by atoms with Crippen LogP contribution in [0.5, 0.6) is 0 Å². The van der Waals surface area contributed by atoms with Crippen LogP contribution in [-0.4, -0.2) is 30.0 Å². The Hall–Kier alpha value is -1.43. The summed E-state index contributed by atoms with van der Waals surface area (Å²) in [5.41, 5.74) is 1.43. The van der Waals surface area contributed by atoms with Crippen molar-refractivity contribution in [2.24, 2.45) is 0 Å². The van der Waals surface area contributed by atoms with Gasteiger partial charge in [-0.15, -0.1) is 0 Å². The Morgan fingerprint density at radius 3 is 3.05 bits per heavy atom. The van der Waals surface area contributed by atoms with Gasteiger partial charge < -0.3 is 10.1 Å². The quantitative estimate of drug-likeness (QED) is 0.798. The Kier molecular flexibility index (Phi) is 5.52. The van der Waals surface area contributed by atoms with E-state index in [2.05, 4.69) is 10.4 Å². The second-order valence-electron chi connectivity index (χ2n) is 4.39. The molecule has 1 aromatic heterocycles. The van der Waals surface area contributed by atoms with Gasteiger partial charge in [0.1, 0.15) is 5.82 Å². The maximum absolute atomic E-state index is 13.8. The van der Waals surface area contributed by atoms with Gasteiger partial charge in [0.2, 0.25) is 0 Å². The predicted molar refractivity (Wildman–Crippen MR) is 76.3 cm³/mol. The average Bonchev–Trinajstić information content (AvgIpc) is 2.88. The Bertz CT molecular complexity index is 559. The lowest BCUT2D eigenvalue weighted by Gasteiger charge is -2.05. The molecule has 0 spiro atoms. The van der Waals surface area contributed by atoms with Crippen LogP contribution in [0.4, 0.5) is 4.39 Å². The molecule has 0 amide bonds. The summed E-state index contributed by atoms with van der Waals surface area (Å²) in [6.07, 6.45) is 1.83. The topological polar surface area (TPSA) is 39.1 Å². The van der Waals surface area contributed by atoms with Crippen molar-refractivity contribution in [3.8, 4) is 0 Å². The third-order valence-corrected chi connectivity index (χ3v) is 3.14. The van der Waals surface area contributed by atoms with Gasteiger partial charge in [0.05, 0.1) is 23.9 Å². The van der Waals surface area contributed by atoms with Crippen LogP contribution in [0.25, 0.3) is 0 Å². The Morgan fingerprint density at radius 1 is 1.40 bits per heavy atom. The minimum Gasteiger partial charge on any atom is -0.383 e. The first-order chi connectivity index (χ1) is 9.70.